The van der Waals surface area contributed by atoms with Gasteiger partial charge in [0.15, 0.2) is 0 Å². The number of urea groups is 1. The van der Waals surface area contributed by atoms with Crippen LogP contribution < -0.4 is 15.4 Å². The van der Waals surface area contributed by atoms with E-state index < -0.39 is 6.03 Å². The van der Waals surface area contributed by atoms with Gasteiger partial charge in [0.2, 0.25) is 0 Å². The minimum atomic E-state index is -0.598. The van der Waals surface area contributed by atoms with Crippen molar-refractivity contribution in [2.24, 2.45) is 12.8 Å². The number of anilines is 2. The minimum Gasteiger partial charge on any atom is -0.457 e. The highest BCUT2D eigenvalue weighted by Gasteiger charge is 2.24. The summed E-state index contributed by atoms with van der Waals surface area (Å²) in [4.78, 5) is 17.6. The van der Waals surface area contributed by atoms with Crippen LogP contribution in [-0.4, -0.2) is 20.8 Å². The molecule has 2 N–H and O–H groups in total. The van der Waals surface area contributed by atoms with Crippen LogP contribution in [0.25, 0.3) is 0 Å². The van der Waals surface area contributed by atoms with E-state index in [9.17, 15) is 4.79 Å². The largest absolute Gasteiger partial charge is 0.457 e. The van der Waals surface area contributed by atoms with Crippen molar-refractivity contribution >= 4 is 17.5 Å². The van der Waals surface area contributed by atoms with Crippen molar-refractivity contribution in [1.29, 1.82) is 0 Å². The van der Waals surface area contributed by atoms with E-state index in [1.54, 1.807) is 48.4 Å². The zero-order valence-corrected chi connectivity index (χ0v) is 15.9. The summed E-state index contributed by atoms with van der Waals surface area (Å²) in [6.45, 7) is 6.20. The summed E-state index contributed by atoms with van der Waals surface area (Å²) in [5.74, 6) is 1.83. The molecule has 0 aliphatic carbocycles. The molecule has 3 aromatic rings. The molecule has 0 saturated carbocycles. The van der Waals surface area contributed by atoms with Gasteiger partial charge in [-0.3, -0.25) is 9.67 Å². The summed E-state index contributed by atoms with van der Waals surface area (Å²) in [6.07, 6.45) is 3.30. The minimum absolute atomic E-state index is 0.147. The fraction of sp³-hybridized carbons (Fsp3) is 0.250. The number of aromatic nitrogens is 3. The van der Waals surface area contributed by atoms with Gasteiger partial charge < -0.3 is 10.5 Å². The van der Waals surface area contributed by atoms with E-state index in [1.165, 1.54) is 4.90 Å². The van der Waals surface area contributed by atoms with Crippen LogP contribution in [0.1, 0.15) is 26.5 Å². The molecule has 0 aliphatic rings. The molecule has 3 rings (SSSR count). The summed E-state index contributed by atoms with van der Waals surface area (Å²) in [5.41, 5.74) is 7.01. The molecule has 7 heteroatoms. The summed E-state index contributed by atoms with van der Waals surface area (Å²) in [6, 6.07) is 12.0. The van der Waals surface area contributed by atoms with Crippen LogP contribution >= 0.6 is 0 Å². The normalized spacial score (nSPS) is 11.3. The number of rotatable bonds is 4. The number of hydrogen-bond donors (Lipinski definition) is 1. The molecule has 2 amide bonds. The molecule has 0 saturated heterocycles. The van der Waals surface area contributed by atoms with Gasteiger partial charge in [0.05, 0.1) is 11.4 Å². The molecular weight excluding hydrogens is 342 g/mol. The third-order valence-electron chi connectivity index (χ3n) is 4.03. The molecule has 0 radical (unpaired) electrons. The lowest BCUT2D eigenvalue weighted by molar-refractivity contribution is 0.255. The SMILES string of the molecule is Cn1nc(C(C)(C)C)cc1N(C(N)=O)c1cccc(Oc2ccncc2)c1. The van der Waals surface area contributed by atoms with Crippen molar-refractivity contribution < 1.29 is 9.53 Å². The molecule has 2 heterocycles. The van der Waals surface area contributed by atoms with Crippen LogP contribution in [0.2, 0.25) is 0 Å². The quantitative estimate of drug-likeness (QED) is 0.753. The Morgan fingerprint density at radius 1 is 1.11 bits per heavy atom. The number of pyridine rings is 1. The molecule has 0 fully saturated rings. The number of aryl methyl sites for hydroxylation is 1. The number of carbonyl (C=O) groups excluding carboxylic acids is 1. The molecule has 2 aromatic heterocycles. The Morgan fingerprint density at radius 2 is 1.81 bits per heavy atom. The molecule has 1 aromatic carbocycles. The van der Waals surface area contributed by atoms with E-state index in [0.717, 1.165) is 5.69 Å². The Balaban J connectivity index is 1.98. The second-order valence-corrected chi connectivity index (χ2v) is 7.22. The van der Waals surface area contributed by atoms with Gasteiger partial charge in [-0.1, -0.05) is 26.8 Å². The molecule has 0 spiro atoms. The Hall–Kier alpha value is -3.35. The Morgan fingerprint density at radius 3 is 2.41 bits per heavy atom. The molecule has 0 atom stereocenters. The van der Waals surface area contributed by atoms with Gasteiger partial charge in [0.1, 0.15) is 17.3 Å². The maximum Gasteiger partial charge on any atom is 0.325 e. The van der Waals surface area contributed by atoms with Crippen LogP contribution in [0.3, 0.4) is 0 Å². The van der Waals surface area contributed by atoms with Gasteiger partial charge in [-0.15, -0.1) is 0 Å². The first-order chi connectivity index (χ1) is 12.8. The molecule has 0 unspecified atom stereocenters. The van der Waals surface area contributed by atoms with Crippen LogP contribution in [-0.2, 0) is 12.5 Å². The van der Waals surface area contributed by atoms with Crippen molar-refractivity contribution in [3.63, 3.8) is 0 Å². The summed E-state index contributed by atoms with van der Waals surface area (Å²) < 4.78 is 7.49. The second-order valence-electron chi connectivity index (χ2n) is 7.22. The predicted octanol–water partition coefficient (Wildman–Crippen LogP) is 4.12. The first-order valence-corrected chi connectivity index (χ1v) is 8.58. The maximum absolute atomic E-state index is 12.2. The van der Waals surface area contributed by atoms with E-state index in [4.69, 9.17) is 10.5 Å². The zero-order chi connectivity index (χ0) is 19.6. The Bertz CT molecular complexity index is 945. The molecule has 7 nitrogen and oxygen atoms in total. The average molecular weight is 365 g/mol. The number of nitrogens with two attached hydrogens (primary N) is 1. The molecule has 0 bridgehead atoms. The molecule has 140 valence electrons. The van der Waals surface area contributed by atoms with Crippen molar-refractivity contribution in [2.75, 3.05) is 4.90 Å². The lowest BCUT2D eigenvalue weighted by atomic mass is 9.92. The standard InChI is InChI=1S/C20H23N5O2/c1-20(2,3)17-13-18(24(4)23-17)25(19(21)26)14-6-5-7-16(12-14)27-15-8-10-22-11-9-15/h5-13H,1-4H3,(H2,21,26). The molecule has 0 aliphatic heterocycles. The van der Waals surface area contributed by atoms with Crippen LogP contribution in [0, 0.1) is 0 Å². The average Bonchev–Trinajstić information content (AvgIpc) is 2.98. The monoisotopic (exact) mass is 365 g/mol. The van der Waals surface area contributed by atoms with Crippen molar-refractivity contribution in [3.05, 3.63) is 60.6 Å². The lowest BCUT2D eigenvalue weighted by Crippen LogP contribution is -2.32. The van der Waals surface area contributed by atoms with Gasteiger partial charge in [-0.2, -0.15) is 5.10 Å². The van der Waals surface area contributed by atoms with E-state index in [-0.39, 0.29) is 5.41 Å². The van der Waals surface area contributed by atoms with E-state index in [2.05, 4.69) is 30.9 Å². The highest BCUT2D eigenvalue weighted by Crippen LogP contribution is 2.32. The fourth-order valence-electron chi connectivity index (χ4n) is 2.63. The number of ether oxygens (including phenoxy) is 1. The number of amides is 2. The van der Waals surface area contributed by atoms with Crippen molar-refractivity contribution in [3.8, 4) is 11.5 Å². The highest BCUT2D eigenvalue weighted by molar-refractivity contribution is 5.97. The van der Waals surface area contributed by atoms with E-state index in [1.807, 2.05) is 18.2 Å². The Labute approximate surface area is 158 Å². The summed E-state index contributed by atoms with van der Waals surface area (Å²) in [7, 11) is 1.79. The maximum atomic E-state index is 12.2. The topological polar surface area (TPSA) is 86.3 Å². The van der Waals surface area contributed by atoms with Crippen molar-refractivity contribution in [2.45, 2.75) is 26.2 Å². The smallest absolute Gasteiger partial charge is 0.325 e. The van der Waals surface area contributed by atoms with Gasteiger partial charge in [0.25, 0.3) is 0 Å². The van der Waals surface area contributed by atoms with E-state index in [0.29, 0.717) is 23.0 Å². The Kier molecular flexibility index (Phi) is 4.85. The molecule has 27 heavy (non-hydrogen) atoms. The van der Waals surface area contributed by atoms with Gasteiger partial charge in [-0.25, -0.2) is 9.69 Å². The second kappa shape index (κ2) is 7.11. The van der Waals surface area contributed by atoms with Gasteiger partial charge in [0, 0.05) is 37.0 Å². The molecular formula is C20H23N5O2. The third-order valence-corrected chi connectivity index (χ3v) is 4.03. The van der Waals surface area contributed by atoms with E-state index >= 15 is 0 Å². The summed E-state index contributed by atoms with van der Waals surface area (Å²) >= 11 is 0. The lowest BCUT2D eigenvalue weighted by Gasteiger charge is -2.21. The van der Waals surface area contributed by atoms with Crippen LogP contribution in [0.5, 0.6) is 11.5 Å². The number of carbonyl (C=O) groups is 1. The number of hydrogen-bond acceptors (Lipinski definition) is 4. The predicted molar refractivity (Wildman–Crippen MR) is 104 cm³/mol. The first-order valence-electron chi connectivity index (χ1n) is 8.58. The highest BCUT2D eigenvalue weighted by atomic mass is 16.5. The van der Waals surface area contributed by atoms with Crippen LogP contribution in [0.15, 0.2) is 54.9 Å². The summed E-state index contributed by atoms with van der Waals surface area (Å²) in [5, 5.41) is 4.53. The fourth-order valence-corrected chi connectivity index (χ4v) is 2.63. The zero-order valence-electron chi connectivity index (χ0n) is 15.9. The number of benzene rings is 1. The first kappa shape index (κ1) is 18.4. The van der Waals surface area contributed by atoms with Gasteiger partial charge >= 0.3 is 6.03 Å². The third kappa shape index (κ3) is 4.08. The number of nitrogens with zero attached hydrogens (tertiary/aromatic N) is 4. The van der Waals surface area contributed by atoms with Gasteiger partial charge in [-0.05, 0) is 24.3 Å². The number of primary amides is 1. The van der Waals surface area contributed by atoms with Crippen molar-refractivity contribution in [1.82, 2.24) is 14.8 Å². The van der Waals surface area contributed by atoms with Crippen LogP contribution in [0.4, 0.5) is 16.3 Å².